The second kappa shape index (κ2) is 6.62. The molecule has 3 aromatic rings. The van der Waals surface area contributed by atoms with E-state index in [0.29, 0.717) is 15.8 Å². The summed E-state index contributed by atoms with van der Waals surface area (Å²) < 4.78 is 29.7. The average Bonchev–Trinajstić information content (AvgIpc) is 2.58. The Kier molecular flexibility index (Phi) is 4.55. The molecule has 0 N–H and O–H groups in total. The lowest BCUT2D eigenvalue weighted by Gasteiger charge is -2.13. The summed E-state index contributed by atoms with van der Waals surface area (Å²) in [6.07, 6.45) is 0. The van der Waals surface area contributed by atoms with Crippen molar-refractivity contribution in [2.45, 2.75) is 0 Å². The van der Waals surface area contributed by atoms with Gasteiger partial charge in [0.1, 0.15) is 5.75 Å². The first-order valence-electron chi connectivity index (χ1n) is 7.08. The monoisotopic (exact) mass is 364 g/mol. The second-order valence-electron chi connectivity index (χ2n) is 4.94. The van der Waals surface area contributed by atoms with Crippen molar-refractivity contribution >= 4 is 32.6 Å². The molecule has 6 nitrogen and oxygen atoms in total. The average molecular weight is 365 g/mol. The van der Waals surface area contributed by atoms with Gasteiger partial charge in [-0.2, -0.15) is 8.42 Å². The summed E-state index contributed by atoms with van der Waals surface area (Å²) in [5, 5.41) is 0.262. The molecule has 0 atom stereocenters. The van der Waals surface area contributed by atoms with Crippen molar-refractivity contribution in [2.75, 3.05) is 11.6 Å². The molecule has 1 aromatic heterocycles. The second-order valence-corrected chi connectivity index (χ2v) is 6.99. The molecule has 24 heavy (non-hydrogen) atoms. The number of nitrogens with zero attached hydrogens (tertiary/aromatic N) is 2. The predicted octanol–water partition coefficient (Wildman–Crippen LogP) is 2.06. The summed E-state index contributed by atoms with van der Waals surface area (Å²) in [5.74, 6) is -0.446. The van der Waals surface area contributed by atoms with Gasteiger partial charge in [0.2, 0.25) is 0 Å². The zero-order valence-corrected chi connectivity index (χ0v) is 14.0. The predicted molar refractivity (Wildman–Crippen MR) is 92.5 cm³/mol. The summed E-state index contributed by atoms with van der Waals surface area (Å²) in [5.41, 5.74) is 0.412. The highest BCUT2D eigenvalue weighted by Crippen LogP contribution is 2.18. The number of aromatic nitrogens is 2. The Bertz CT molecular complexity index is 1030. The van der Waals surface area contributed by atoms with E-state index in [1.165, 1.54) is 0 Å². The van der Waals surface area contributed by atoms with Crippen LogP contribution in [-0.4, -0.2) is 29.8 Å². The molecule has 0 aliphatic rings. The van der Waals surface area contributed by atoms with Gasteiger partial charge in [-0.25, -0.2) is 4.98 Å². The van der Waals surface area contributed by atoms with Gasteiger partial charge in [-0.05, 0) is 12.1 Å². The van der Waals surface area contributed by atoms with Crippen LogP contribution in [0.15, 0.2) is 59.4 Å². The molecule has 0 radical (unpaired) electrons. The zero-order chi connectivity index (χ0) is 17.2. The number of fused-ring (bicyclic) bond motifs is 1. The summed E-state index contributed by atoms with van der Waals surface area (Å²) in [6.45, 7) is 0. The Morgan fingerprint density at radius 3 is 2.42 bits per heavy atom. The minimum absolute atomic E-state index is 0.109. The third-order valence-electron chi connectivity index (χ3n) is 3.28. The lowest BCUT2D eigenvalue weighted by molar-refractivity contribution is 0.271. The summed E-state index contributed by atoms with van der Waals surface area (Å²) in [4.78, 5) is 17.1. The molecule has 1 heterocycles. The van der Waals surface area contributed by atoms with Gasteiger partial charge in [-0.1, -0.05) is 42.5 Å². The normalized spacial score (nSPS) is 11.5. The van der Waals surface area contributed by atoms with Crippen LogP contribution in [-0.2, 0) is 10.1 Å². The van der Waals surface area contributed by atoms with Crippen LogP contribution < -0.4 is 9.84 Å². The zero-order valence-electron chi connectivity index (χ0n) is 12.4. The van der Waals surface area contributed by atoms with E-state index in [9.17, 15) is 13.2 Å². The molecule has 0 saturated heterocycles. The lowest BCUT2D eigenvalue weighted by Crippen LogP contribution is -2.34. The van der Waals surface area contributed by atoms with E-state index in [2.05, 4.69) is 4.98 Å². The van der Waals surface area contributed by atoms with Crippen molar-refractivity contribution in [1.82, 2.24) is 9.71 Å². The Labute approximate surface area is 143 Å². The lowest BCUT2D eigenvalue weighted by atomic mass is 10.2. The van der Waals surface area contributed by atoms with E-state index in [0.717, 1.165) is 0 Å². The first-order chi connectivity index (χ1) is 11.5. The highest BCUT2D eigenvalue weighted by Gasteiger charge is 2.19. The Morgan fingerprint density at radius 2 is 1.71 bits per heavy atom. The van der Waals surface area contributed by atoms with Crippen LogP contribution in [0.2, 0.25) is 0 Å². The maximum Gasteiger partial charge on any atom is 0.328 e. The number of rotatable bonds is 5. The Balaban J connectivity index is 2.28. The van der Waals surface area contributed by atoms with Gasteiger partial charge in [0, 0.05) is 11.4 Å². The van der Waals surface area contributed by atoms with E-state index in [-0.39, 0.29) is 17.1 Å². The highest BCUT2D eigenvalue weighted by atomic mass is 35.5. The first-order valence-corrected chi connectivity index (χ1v) is 9.19. The van der Waals surface area contributed by atoms with Gasteiger partial charge in [0.15, 0.2) is 5.82 Å². The van der Waals surface area contributed by atoms with Crippen molar-refractivity contribution in [3.8, 4) is 11.4 Å². The molecule has 2 aromatic carbocycles. The third kappa shape index (κ3) is 3.27. The highest BCUT2D eigenvalue weighted by molar-refractivity contribution is 7.86. The number of hydrogen-bond donors (Lipinski definition) is 0. The topological polar surface area (TPSA) is 78.3 Å². The Hall–Kier alpha value is -2.38. The molecule has 3 rings (SSSR count). The van der Waals surface area contributed by atoms with E-state index in [4.69, 9.17) is 15.9 Å². The maximum absolute atomic E-state index is 12.7. The number of benzene rings is 2. The van der Waals surface area contributed by atoms with Crippen LogP contribution in [0.25, 0.3) is 22.3 Å². The largest absolute Gasteiger partial charge is 0.328 e. The minimum atomic E-state index is -4.02. The molecular weight excluding hydrogens is 352 g/mol. The molecule has 0 fully saturated rings. The first kappa shape index (κ1) is 16.5. The molecule has 8 heteroatoms. The van der Waals surface area contributed by atoms with Crippen molar-refractivity contribution < 1.29 is 12.7 Å². The number of hydrogen-bond acceptors (Lipinski definition) is 5. The molecular formula is C16H13ClN2O4S. The van der Waals surface area contributed by atoms with Crippen LogP contribution in [0, 0.1) is 0 Å². The molecule has 0 bridgehead atoms. The van der Waals surface area contributed by atoms with E-state index in [1.807, 2.05) is 0 Å². The quantitative estimate of drug-likeness (QED) is 0.647. The van der Waals surface area contributed by atoms with Crippen LogP contribution >= 0.6 is 11.6 Å². The molecule has 0 aliphatic carbocycles. The van der Waals surface area contributed by atoms with E-state index < -0.39 is 21.4 Å². The minimum Gasteiger partial charge on any atom is -0.282 e. The number of alkyl halides is 1. The fraction of sp³-hybridized carbons (Fsp3) is 0.125. The van der Waals surface area contributed by atoms with E-state index in [1.54, 1.807) is 54.6 Å². The third-order valence-corrected chi connectivity index (χ3v) is 4.78. The van der Waals surface area contributed by atoms with Crippen molar-refractivity contribution in [1.29, 1.82) is 0 Å². The summed E-state index contributed by atoms with van der Waals surface area (Å²) in [7, 11) is -4.02. The molecule has 0 spiro atoms. The fourth-order valence-electron chi connectivity index (χ4n) is 2.20. The SMILES string of the molecule is O=c1c2ccccc2nc(-c2ccccc2)n1OS(=O)(=O)CCCl. The molecule has 124 valence electrons. The van der Waals surface area contributed by atoms with Crippen LogP contribution in [0.1, 0.15) is 0 Å². The maximum atomic E-state index is 12.7. The van der Waals surface area contributed by atoms with Gasteiger partial charge < -0.3 is 0 Å². The molecule has 0 unspecified atom stereocenters. The van der Waals surface area contributed by atoms with Gasteiger partial charge in [-0.15, -0.1) is 16.3 Å². The smallest absolute Gasteiger partial charge is 0.282 e. The van der Waals surface area contributed by atoms with Gasteiger partial charge in [0.05, 0.1) is 10.9 Å². The number of para-hydroxylation sites is 1. The van der Waals surface area contributed by atoms with Gasteiger partial charge in [0.25, 0.3) is 5.56 Å². The van der Waals surface area contributed by atoms with Crippen molar-refractivity contribution in [2.24, 2.45) is 0 Å². The molecule has 0 saturated carbocycles. The standard InChI is InChI=1S/C16H13ClN2O4S/c17-10-11-24(21,22)23-19-15(12-6-2-1-3-7-12)18-14-9-5-4-8-13(14)16(19)20/h1-9H,10-11H2. The number of halogens is 1. The van der Waals surface area contributed by atoms with Crippen molar-refractivity contribution in [3.63, 3.8) is 0 Å². The molecule has 0 aliphatic heterocycles. The van der Waals surface area contributed by atoms with Crippen LogP contribution in [0.3, 0.4) is 0 Å². The van der Waals surface area contributed by atoms with Crippen LogP contribution in [0.4, 0.5) is 0 Å². The van der Waals surface area contributed by atoms with Crippen LogP contribution in [0.5, 0.6) is 0 Å². The van der Waals surface area contributed by atoms with Crippen molar-refractivity contribution in [3.05, 3.63) is 65.0 Å². The molecule has 0 amide bonds. The summed E-state index contributed by atoms with van der Waals surface area (Å²) >= 11 is 5.48. The Morgan fingerprint density at radius 1 is 1.04 bits per heavy atom. The van der Waals surface area contributed by atoms with E-state index >= 15 is 0 Å². The van der Waals surface area contributed by atoms with Gasteiger partial charge >= 0.3 is 10.1 Å². The summed E-state index contributed by atoms with van der Waals surface area (Å²) in [6, 6.07) is 15.4. The fourth-order valence-corrected chi connectivity index (χ4v) is 3.40. The van der Waals surface area contributed by atoms with Gasteiger partial charge in [-0.3, -0.25) is 9.08 Å².